The average Bonchev–Trinajstić information content (AvgIpc) is 2.79. The van der Waals surface area contributed by atoms with E-state index in [4.69, 9.17) is 4.74 Å². The molecule has 0 spiro atoms. The molecule has 0 saturated heterocycles. The third-order valence-electron chi connectivity index (χ3n) is 5.20. The number of benzene rings is 3. The minimum Gasteiger partial charge on any atom is -0.494 e. The Balaban J connectivity index is 1.58. The Morgan fingerprint density at radius 1 is 0.800 bits per heavy atom. The smallest absolute Gasteiger partial charge is 0.225 e. The molecular weight excluding hydrogens is 370 g/mol. The van der Waals surface area contributed by atoms with Crippen LogP contribution in [0.25, 0.3) is 0 Å². The van der Waals surface area contributed by atoms with Crippen LogP contribution in [0.1, 0.15) is 56.1 Å². The SMILES string of the molecule is CCCCCCOc1ccc(NC(=O)CC(c2ccccc2)c2ccccc2)cc1. The predicted octanol–water partition coefficient (Wildman–Crippen LogP) is 6.81. The zero-order chi connectivity index (χ0) is 21.0. The van der Waals surface area contributed by atoms with Crippen molar-refractivity contribution in [3.05, 3.63) is 96.1 Å². The summed E-state index contributed by atoms with van der Waals surface area (Å²) in [6.45, 7) is 2.94. The van der Waals surface area contributed by atoms with Crippen molar-refractivity contribution in [2.45, 2.75) is 44.9 Å². The molecule has 3 aromatic carbocycles. The van der Waals surface area contributed by atoms with Crippen molar-refractivity contribution < 1.29 is 9.53 Å². The number of rotatable bonds is 11. The van der Waals surface area contributed by atoms with E-state index in [-0.39, 0.29) is 11.8 Å². The van der Waals surface area contributed by atoms with Crippen molar-refractivity contribution in [2.24, 2.45) is 0 Å². The molecule has 0 aliphatic rings. The maximum absolute atomic E-state index is 12.8. The van der Waals surface area contributed by atoms with Gasteiger partial charge in [-0.05, 0) is 41.8 Å². The van der Waals surface area contributed by atoms with E-state index < -0.39 is 0 Å². The van der Waals surface area contributed by atoms with Crippen LogP contribution in [-0.4, -0.2) is 12.5 Å². The Labute approximate surface area is 180 Å². The Hall–Kier alpha value is -3.07. The lowest BCUT2D eigenvalue weighted by atomic mass is 9.88. The molecule has 3 heteroatoms. The molecule has 0 saturated carbocycles. The Kier molecular flexibility index (Phi) is 8.52. The summed E-state index contributed by atoms with van der Waals surface area (Å²) in [6, 6.07) is 28.0. The molecule has 0 heterocycles. The number of hydrogen-bond acceptors (Lipinski definition) is 2. The fraction of sp³-hybridized carbons (Fsp3) is 0.296. The third-order valence-corrected chi connectivity index (χ3v) is 5.20. The number of nitrogens with one attached hydrogen (secondary N) is 1. The maximum atomic E-state index is 12.8. The molecule has 0 aromatic heterocycles. The molecule has 1 amide bonds. The molecule has 0 radical (unpaired) electrons. The first-order valence-electron chi connectivity index (χ1n) is 10.9. The molecule has 0 aliphatic carbocycles. The van der Waals surface area contributed by atoms with Gasteiger partial charge in [0.2, 0.25) is 5.91 Å². The van der Waals surface area contributed by atoms with E-state index in [0.717, 1.165) is 35.6 Å². The monoisotopic (exact) mass is 401 g/mol. The number of ether oxygens (including phenoxy) is 1. The first-order chi connectivity index (χ1) is 14.8. The van der Waals surface area contributed by atoms with Gasteiger partial charge in [-0.15, -0.1) is 0 Å². The molecule has 0 unspecified atom stereocenters. The lowest BCUT2D eigenvalue weighted by Crippen LogP contribution is -2.16. The summed E-state index contributed by atoms with van der Waals surface area (Å²) in [5.74, 6) is 0.870. The van der Waals surface area contributed by atoms with Gasteiger partial charge in [-0.2, -0.15) is 0 Å². The van der Waals surface area contributed by atoms with E-state index >= 15 is 0 Å². The largest absolute Gasteiger partial charge is 0.494 e. The molecule has 0 atom stereocenters. The highest BCUT2D eigenvalue weighted by Crippen LogP contribution is 2.28. The summed E-state index contributed by atoms with van der Waals surface area (Å²) < 4.78 is 5.78. The molecule has 0 aliphatic heterocycles. The highest BCUT2D eigenvalue weighted by Gasteiger charge is 2.18. The topological polar surface area (TPSA) is 38.3 Å². The van der Waals surface area contributed by atoms with Gasteiger partial charge in [0.25, 0.3) is 0 Å². The van der Waals surface area contributed by atoms with Crippen LogP contribution < -0.4 is 10.1 Å². The molecule has 3 aromatic rings. The van der Waals surface area contributed by atoms with Gasteiger partial charge >= 0.3 is 0 Å². The number of amides is 1. The summed E-state index contributed by atoms with van der Waals surface area (Å²) >= 11 is 0. The number of carbonyl (C=O) groups excluding carboxylic acids is 1. The summed E-state index contributed by atoms with van der Waals surface area (Å²) in [5.41, 5.74) is 3.08. The first-order valence-corrected chi connectivity index (χ1v) is 10.9. The lowest BCUT2D eigenvalue weighted by molar-refractivity contribution is -0.116. The van der Waals surface area contributed by atoms with Crippen LogP contribution in [0.15, 0.2) is 84.9 Å². The van der Waals surface area contributed by atoms with E-state index in [0.29, 0.717) is 6.42 Å². The lowest BCUT2D eigenvalue weighted by Gasteiger charge is -2.18. The molecule has 0 bridgehead atoms. The predicted molar refractivity (Wildman–Crippen MR) is 124 cm³/mol. The summed E-state index contributed by atoms with van der Waals surface area (Å²) in [5, 5.41) is 3.03. The Morgan fingerprint density at radius 2 is 1.40 bits per heavy atom. The van der Waals surface area contributed by atoms with Crippen LogP contribution in [0.3, 0.4) is 0 Å². The zero-order valence-corrected chi connectivity index (χ0v) is 17.7. The van der Waals surface area contributed by atoms with Crippen LogP contribution in [0.5, 0.6) is 5.75 Å². The minimum atomic E-state index is 0.000870. The fourth-order valence-corrected chi connectivity index (χ4v) is 3.55. The van der Waals surface area contributed by atoms with Gasteiger partial charge in [0.1, 0.15) is 5.75 Å². The van der Waals surface area contributed by atoms with Gasteiger partial charge in [-0.3, -0.25) is 4.79 Å². The van der Waals surface area contributed by atoms with Crippen LogP contribution in [-0.2, 0) is 4.79 Å². The maximum Gasteiger partial charge on any atom is 0.225 e. The first kappa shape index (κ1) is 21.6. The highest BCUT2D eigenvalue weighted by molar-refractivity contribution is 5.91. The van der Waals surface area contributed by atoms with Gasteiger partial charge in [-0.1, -0.05) is 86.8 Å². The van der Waals surface area contributed by atoms with Crippen molar-refractivity contribution >= 4 is 11.6 Å². The molecule has 0 fully saturated rings. The van der Waals surface area contributed by atoms with Crippen LogP contribution >= 0.6 is 0 Å². The van der Waals surface area contributed by atoms with Crippen molar-refractivity contribution in [3.63, 3.8) is 0 Å². The van der Waals surface area contributed by atoms with Gasteiger partial charge in [0.05, 0.1) is 6.61 Å². The van der Waals surface area contributed by atoms with Gasteiger partial charge < -0.3 is 10.1 Å². The quantitative estimate of drug-likeness (QED) is 0.359. The van der Waals surface area contributed by atoms with E-state index in [9.17, 15) is 4.79 Å². The molecule has 156 valence electrons. The molecule has 3 nitrogen and oxygen atoms in total. The van der Waals surface area contributed by atoms with E-state index in [1.165, 1.54) is 19.3 Å². The summed E-state index contributed by atoms with van der Waals surface area (Å²) in [7, 11) is 0. The van der Waals surface area contributed by atoms with Crippen LogP contribution in [0.4, 0.5) is 5.69 Å². The molecular formula is C27H31NO2. The van der Waals surface area contributed by atoms with Crippen molar-refractivity contribution in [1.82, 2.24) is 0 Å². The molecule has 3 rings (SSSR count). The molecule has 1 N–H and O–H groups in total. The summed E-state index contributed by atoms with van der Waals surface area (Å²) in [6.07, 6.45) is 5.15. The molecule has 30 heavy (non-hydrogen) atoms. The van der Waals surface area contributed by atoms with Crippen LogP contribution in [0, 0.1) is 0 Å². The van der Waals surface area contributed by atoms with Gasteiger partial charge in [0, 0.05) is 18.0 Å². The van der Waals surface area contributed by atoms with E-state index in [1.807, 2.05) is 60.7 Å². The number of hydrogen-bond donors (Lipinski definition) is 1. The minimum absolute atomic E-state index is 0.000870. The number of anilines is 1. The average molecular weight is 402 g/mol. The Morgan fingerprint density at radius 3 is 1.97 bits per heavy atom. The zero-order valence-electron chi connectivity index (χ0n) is 17.7. The normalized spacial score (nSPS) is 10.7. The highest BCUT2D eigenvalue weighted by atomic mass is 16.5. The van der Waals surface area contributed by atoms with Crippen molar-refractivity contribution in [1.29, 1.82) is 0 Å². The van der Waals surface area contributed by atoms with E-state index in [1.54, 1.807) is 0 Å². The second-order valence-electron chi connectivity index (χ2n) is 7.56. The second kappa shape index (κ2) is 11.8. The standard InChI is InChI=1S/C27H31NO2/c1-2-3-4-11-20-30-25-18-16-24(17-19-25)28-27(29)21-26(22-12-7-5-8-13-22)23-14-9-6-10-15-23/h5-10,12-19,26H,2-4,11,20-21H2,1H3,(H,28,29). The van der Waals surface area contributed by atoms with Crippen molar-refractivity contribution in [3.8, 4) is 5.75 Å². The number of unbranched alkanes of at least 4 members (excludes halogenated alkanes) is 3. The van der Waals surface area contributed by atoms with Gasteiger partial charge in [-0.25, -0.2) is 0 Å². The van der Waals surface area contributed by atoms with E-state index in [2.05, 4.69) is 36.5 Å². The third kappa shape index (κ3) is 6.77. The fourth-order valence-electron chi connectivity index (χ4n) is 3.55. The van der Waals surface area contributed by atoms with Gasteiger partial charge in [0.15, 0.2) is 0 Å². The second-order valence-corrected chi connectivity index (χ2v) is 7.56. The van der Waals surface area contributed by atoms with Crippen molar-refractivity contribution in [2.75, 3.05) is 11.9 Å². The Bertz CT molecular complexity index is 836. The van der Waals surface area contributed by atoms with Crippen LogP contribution in [0.2, 0.25) is 0 Å². The summed E-state index contributed by atoms with van der Waals surface area (Å²) in [4.78, 5) is 12.8. The number of carbonyl (C=O) groups is 1.